The topological polar surface area (TPSA) is 0 Å². The fourth-order valence-electron chi connectivity index (χ4n) is 9.24. The molecule has 2 heteroatoms. The zero-order valence-corrected chi connectivity index (χ0v) is 20.4. The van der Waals surface area contributed by atoms with Crippen LogP contribution in [0.25, 0.3) is 0 Å². The normalized spacial score (nSPS) is 47.1. The van der Waals surface area contributed by atoms with E-state index in [-0.39, 0.29) is 0 Å². The minimum absolute atomic E-state index is 0.522. The highest BCUT2D eigenvalue weighted by Crippen LogP contribution is 2.77. The van der Waals surface area contributed by atoms with Gasteiger partial charge in [0.25, 0.3) is 0 Å². The SMILES string of the molecule is Ic1ccc(C23CC4C5CC6(c7ccc(I)cc7)CC4C(C2)C(C6)C5C3)cc1. The molecule has 0 N–H and O–H groups in total. The predicted octanol–water partition coefficient (Wildman–Crippen LogP) is 7.18. The van der Waals surface area contributed by atoms with Crippen molar-refractivity contribution in [3.63, 3.8) is 0 Å². The molecule has 2 aromatic carbocycles. The summed E-state index contributed by atoms with van der Waals surface area (Å²) < 4.78 is 2.76. The summed E-state index contributed by atoms with van der Waals surface area (Å²) in [6, 6.07) is 19.3. The molecule has 7 aliphatic carbocycles. The largest absolute Gasteiger partial charge is 0.0574 e. The van der Waals surface area contributed by atoms with Gasteiger partial charge in [0.05, 0.1) is 0 Å². The minimum Gasteiger partial charge on any atom is -0.0574 e. The molecule has 0 atom stereocenters. The number of hydrogen-bond acceptors (Lipinski definition) is 0. The van der Waals surface area contributed by atoms with E-state index in [4.69, 9.17) is 0 Å². The summed E-state index contributed by atoms with van der Waals surface area (Å²) in [4.78, 5) is 0. The lowest BCUT2D eigenvalue weighted by Gasteiger charge is -2.75. The Hall–Kier alpha value is -0.100. The molecule has 0 aromatic heterocycles. The fraction of sp³-hybridized carbons (Fsp3) is 0.538. The van der Waals surface area contributed by atoms with Gasteiger partial charge in [-0.2, -0.15) is 0 Å². The molecule has 2 aromatic rings. The van der Waals surface area contributed by atoms with Gasteiger partial charge in [-0.15, -0.1) is 0 Å². The Morgan fingerprint density at radius 3 is 0.964 bits per heavy atom. The molecule has 9 rings (SSSR count). The van der Waals surface area contributed by atoms with E-state index in [1.807, 2.05) is 0 Å². The third kappa shape index (κ3) is 2.18. The zero-order chi connectivity index (χ0) is 18.7. The van der Waals surface area contributed by atoms with Gasteiger partial charge in [0.1, 0.15) is 0 Å². The van der Waals surface area contributed by atoms with Crippen molar-refractivity contribution >= 4 is 45.2 Å². The first kappa shape index (κ1) is 17.6. The van der Waals surface area contributed by atoms with Gasteiger partial charge in [-0.1, -0.05) is 24.3 Å². The van der Waals surface area contributed by atoms with Gasteiger partial charge in [-0.05, 0) is 165 Å². The molecule has 7 fully saturated rings. The first-order chi connectivity index (χ1) is 13.6. The van der Waals surface area contributed by atoms with Crippen LogP contribution in [0.5, 0.6) is 0 Å². The van der Waals surface area contributed by atoms with E-state index in [1.165, 1.54) is 45.7 Å². The van der Waals surface area contributed by atoms with Crippen molar-refractivity contribution in [1.82, 2.24) is 0 Å². The fourth-order valence-corrected chi connectivity index (χ4v) is 9.96. The maximum absolute atomic E-state index is 2.47. The minimum atomic E-state index is 0.522. The Kier molecular flexibility index (Phi) is 3.62. The van der Waals surface area contributed by atoms with Crippen LogP contribution < -0.4 is 0 Å². The predicted molar refractivity (Wildman–Crippen MR) is 130 cm³/mol. The number of benzene rings is 2. The van der Waals surface area contributed by atoms with E-state index in [9.17, 15) is 0 Å². The Balaban J connectivity index is 1.28. The van der Waals surface area contributed by atoms with Crippen LogP contribution in [0.4, 0.5) is 0 Å². The number of halogens is 2. The summed E-state index contributed by atoms with van der Waals surface area (Å²) >= 11 is 4.91. The molecule has 0 radical (unpaired) electrons. The Morgan fingerprint density at radius 1 is 0.464 bits per heavy atom. The summed E-state index contributed by atoms with van der Waals surface area (Å²) in [5.74, 6) is 6.11. The summed E-state index contributed by atoms with van der Waals surface area (Å²) in [5, 5.41) is 0. The van der Waals surface area contributed by atoms with Gasteiger partial charge < -0.3 is 0 Å². The molecule has 7 aliphatic rings. The van der Waals surface area contributed by atoms with Gasteiger partial charge >= 0.3 is 0 Å². The summed E-state index contributed by atoms with van der Waals surface area (Å²) in [6.45, 7) is 0. The Bertz CT molecular complexity index is 799. The quantitative estimate of drug-likeness (QED) is 0.325. The van der Waals surface area contributed by atoms with Crippen LogP contribution in [0.2, 0.25) is 0 Å². The first-order valence-electron chi connectivity index (χ1n) is 11.1. The summed E-state index contributed by atoms with van der Waals surface area (Å²) in [5.41, 5.74) is 4.39. The molecule has 28 heavy (non-hydrogen) atoms. The van der Waals surface area contributed by atoms with Crippen molar-refractivity contribution in [2.45, 2.75) is 49.4 Å². The van der Waals surface area contributed by atoms with Crippen LogP contribution in [0.1, 0.15) is 49.7 Å². The van der Waals surface area contributed by atoms with Gasteiger partial charge in [0.2, 0.25) is 0 Å². The van der Waals surface area contributed by atoms with Gasteiger partial charge in [0.15, 0.2) is 0 Å². The van der Waals surface area contributed by atoms with Gasteiger partial charge in [-0.25, -0.2) is 0 Å². The van der Waals surface area contributed by atoms with Crippen molar-refractivity contribution in [1.29, 1.82) is 0 Å². The van der Waals surface area contributed by atoms with Crippen molar-refractivity contribution in [2.24, 2.45) is 35.5 Å². The van der Waals surface area contributed by atoms with Crippen LogP contribution in [0, 0.1) is 42.6 Å². The monoisotopic (exact) mass is 592 g/mol. The molecule has 0 saturated heterocycles. The molecular weight excluding hydrogens is 566 g/mol. The smallest absolute Gasteiger partial charge is 0.0130 e. The van der Waals surface area contributed by atoms with Crippen LogP contribution in [-0.2, 0) is 10.8 Å². The maximum Gasteiger partial charge on any atom is 0.0130 e. The van der Waals surface area contributed by atoms with Crippen molar-refractivity contribution in [3.8, 4) is 0 Å². The third-order valence-electron chi connectivity index (χ3n) is 9.97. The second-order valence-electron chi connectivity index (χ2n) is 10.8. The average molecular weight is 592 g/mol. The molecule has 8 bridgehead atoms. The molecular formula is C26H26I2. The lowest BCUT2D eigenvalue weighted by molar-refractivity contribution is -0.221. The van der Waals surface area contributed by atoms with Crippen molar-refractivity contribution < 1.29 is 0 Å². The van der Waals surface area contributed by atoms with E-state index in [2.05, 4.69) is 93.7 Å². The average Bonchev–Trinajstić information content (AvgIpc) is 2.72. The van der Waals surface area contributed by atoms with Crippen molar-refractivity contribution in [3.05, 3.63) is 66.8 Å². The molecule has 0 spiro atoms. The standard InChI is InChI=1S/C26H26I2/c27-17-5-1-15(2-6-17)25-9-19-22-12-26(16-3-7-18(28)8-4-16)13-23(19)21(11-25)24(14-26)20(22)10-25/h1-8,19-24H,9-14H2. The van der Waals surface area contributed by atoms with E-state index in [0.717, 1.165) is 35.5 Å². The number of hydrogen-bond donors (Lipinski definition) is 0. The van der Waals surface area contributed by atoms with E-state index in [0.29, 0.717) is 10.8 Å². The van der Waals surface area contributed by atoms with Crippen LogP contribution in [0.3, 0.4) is 0 Å². The molecule has 144 valence electrons. The van der Waals surface area contributed by atoms with E-state index >= 15 is 0 Å². The highest BCUT2D eigenvalue weighted by molar-refractivity contribution is 14.1. The highest BCUT2D eigenvalue weighted by atomic mass is 127. The lowest BCUT2D eigenvalue weighted by atomic mass is 9.29. The lowest BCUT2D eigenvalue weighted by Crippen LogP contribution is -2.69. The van der Waals surface area contributed by atoms with Crippen LogP contribution >= 0.6 is 45.2 Å². The summed E-state index contributed by atoms with van der Waals surface area (Å²) in [7, 11) is 0. The molecule has 7 saturated carbocycles. The van der Waals surface area contributed by atoms with E-state index < -0.39 is 0 Å². The van der Waals surface area contributed by atoms with Crippen LogP contribution in [0.15, 0.2) is 48.5 Å². The molecule has 0 aliphatic heterocycles. The molecule has 0 amide bonds. The second-order valence-corrected chi connectivity index (χ2v) is 13.3. The number of rotatable bonds is 2. The Labute approximate surface area is 195 Å². The van der Waals surface area contributed by atoms with Gasteiger partial charge in [-0.3, -0.25) is 0 Å². The van der Waals surface area contributed by atoms with Crippen molar-refractivity contribution in [2.75, 3.05) is 0 Å². The highest BCUT2D eigenvalue weighted by Gasteiger charge is 2.70. The molecule has 0 unspecified atom stereocenters. The van der Waals surface area contributed by atoms with Gasteiger partial charge in [0, 0.05) is 7.14 Å². The second kappa shape index (κ2) is 5.77. The first-order valence-corrected chi connectivity index (χ1v) is 13.2. The third-order valence-corrected chi connectivity index (χ3v) is 11.4. The summed E-state index contributed by atoms with van der Waals surface area (Å²) in [6.07, 6.45) is 8.95. The molecule has 0 heterocycles. The zero-order valence-electron chi connectivity index (χ0n) is 16.1. The van der Waals surface area contributed by atoms with E-state index in [1.54, 1.807) is 11.1 Å². The maximum atomic E-state index is 2.47. The van der Waals surface area contributed by atoms with Crippen LogP contribution in [-0.4, -0.2) is 0 Å². The Morgan fingerprint density at radius 2 is 0.714 bits per heavy atom. The molecule has 0 nitrogen and oxygen atoms in total.